The van der Waals surface area contributed by atoms with Crippen molar-refractivity contribution in [2.75, 3.05) is 38.5 Å². The van der Waals surface area contributed by atoms with Crippen molar-refractivity contribution in [2.45, 2.75) is 46.1 Å². The second-order valence-electron chi connectivity index (χ2n) is 7.44. The first kappa shape index (κ1) is 17.1. The molecule has 2 aliphatic rings. The second kappa shape index (κ2) is 7.05. The van der Waals surface area contributed by atoms with Crippen LogP contribution in [0.3, 0.4) is 0 Å². The summed E-state index contributed by atoms with van der Waals surface area (Å²) >= 11 is 0. The number of nitrogens with one attached hydrogen (secondary N) is 1. The Labute approximate surface area is 144 Å². The van der Waals surface area contributed by atoms with Gasteiger partial charge < -0.3 is 15.1 Å². The molecule has 6 nitrogen and oxygen atoms in total. The molecule has 0 saturated carbocycles. The molecule has 3 rings (SSSR count). The first-order valence-electron chi connectivity index (χ1n) is 9.03. The van der Waals surface area contributed by atoms with Crippen LogP contribution in [0.1, 0.15) is 50.2 Å². The molecule has 1 fully saturated rings. The van der Waals surface area contributed by atoms with Gasteiger partial charge in [-0.25, -0.2) is 9.97 Å². The van der Waals surface area contributed by atoms with Crippen molar-refractivity contribution in [3.63, 3.8) is 0 Å². The smallest absolute Gasteiger partial charge is 0.219 e. The summed E-state index contributed by atoms with van der Waals surface area (Å²) in [6.45, 7) is 10.8. The van der Waals surface area contributed by atoms with E-state index in [4.69, 9.17) is 9.97 Å². The summed E-state index contributed by atoms with van der Waals surface area (Å²) in [5, 5.41) is 3.24. The van der Waals surface area contributed by atoms with Gasteiger partial charge >= 0.3 is 0 Å². The Kier molecular flexibility index (Phi) is 5.04. The van der Waals surface area contributed by atoms with Gasteiger partial charge in [-0.05, 0) is 25.3 Å². The van der Waals surface area contributed by atoms with Crippen molar-refractivity contribution in [1.29, 1.82) is 0 Å². The van der Waals surface area contributed by atoms with Crippen molar-refractivity contribution in [1.82, 2.24) is 19.8 Å². The van der Waals surface area contributed by atoms with E-state index in [9.17, 15) is 4.79 Å². The van der Waals surface area contributed by atoms with Crippen molar-refractivity contribution >= 4 is 11.7 Å². The lowest BCUT2D eigenvalue weighted by Crippen LogP contribution is -2.35. The summed E-state index contributed by atoms with van der Waals surface area (Å²) in [4.78, 5) is 25.8. The number of carbonyl (C=O) groups is 1. The van der Waals surface area contributed by atoms with Crippen molar-refractivity contribution in [2.24, 2.45) is 5.92 Å². The van der Waals surface area contributed by atoms with Crippen LogP contribution in [0.2, 0.25) is 0 Å². The van der Waals surface area contributed by atoms with Crippen molar-refractivity contribution in [3.8, 4) is 0 Å². The molecule has 3 heterocycles. The Morgan fingerprint density at radius 2 is 2.12 bits per heavy atom. The molecule has 6 heteroatoms. The van der Waals surface area contributed by atoms with Crippen molar-refractivity contribution < 1.29 is 4.79 Å². The SMILES string of the molecule is CNc1nc(C2CCN(CC(C)C)C2)nc2c1CCN(C(C)=O)C2. The van der Waals surface area contributed by atoms with Crippen LogP contribution in [-0.2, 0) is 17.8 Å². The second-order valence-corrected chi connectivity index (χ2v) is 7.44. The third kappa shape index (κ3) is 3.53. The molecule has 1 aromatic heterocycles. The van der Waals surface area contributed by atoms with Gasteiger partial charge in [-0.3, -0.25) is 4.79 Å². The highest BCUT2D eigenvalue weighted by atomic mass is 16.2. The van der Waals surface area contributed by atoms with Gasteiger partial charge in [-0.1, -0.05) is 13.8 Å². The molecule has 1 saturated heterocycles. The monoisotopic (exact) mass is 331 g/mol. The summed E-state index contributed by atoms with van der Waals surface area (Å²) in [7, 11) is 1.92. The fraction of sp³-hybridized carbons (Fsp3) is 0.722. The minimum Gasteiger partial charge on any atom is -0.373 e. The lowest BCUT2D eigenvalue weighted by Gasteiger charge is -2.29. The Morgan fingerprint density at radius 3 is 2.79 bits per heavy atom. The molecule has 0 aliphatic carbocycles. The Hall–Kier alpha value is -1.69. The van der Waals surface area contributed by atoms with E-state index in [2.05, 4.69) is 24.1 Å². The topological polar surface area (TPSA) is 61.4 Å². The molecule has 1 atom stereocenters. The molecular weight excluding hydrogens is 302 g/mol. The number of nitrogens with zero attached hydrogens (tertiary/aromatic N) is 4. The highest BCUT2D eigenvalue weighted by Gasteiger charge is 2.29. The number of amides is 1. The third-order valence-corrected chi connectivity index (χ3v) is 5.03. The van der Waals surface area contributed by atoms with Crippen LogP contribution in [-0.4, -0.2) is 58.9 Å². The number of anilines is 1. The van der Waals surface area contributed by atoms with Gasteiger partial charge in [-0.15, -0.1) is 0 Å². The van der Waals surface area contributed by atoms with Gasteiger partial charge in [0, 0.05) is 45.1 Å². The fourth-order valence-corrected chi connectivity index (χ4v) is 3.83. The molecule has 0 aromatic carbocycles. The first-order valence-corrected chi connectivity index (χ1v) is 9.03. The van der Waals surface area contributed by atoms with Crippen LogP contribution < -0.4 is 5.32 Å². The lowest BCUT2D eigenvalue weighted by atomic mass is 10.0. The minimum absolute atomic E-state index is 0.121. The van der Waals surface area contributed by atoms with Crippen LogP contribution in [0.4, 0.5) is 5.82 Å². The zero-order valence-electron chi connectivity index (χ0n) is 15.3. The average molecular weight is 331 g/mol. The molecule has 2 aliphatic heterocycles. The van der Waals surface area contributed by atoms with Crippen molar-refractivity contribution in [3.05, 3.63) is 17.1 Å². The summed E-state index contributed by atoms with van der Waals surface area (Å²) < 4.78 is 0. The van der Waals surface area contributed by atoms with E-state index in [0.717, 1.165) is 56.4 Å². The van der Waals surface area contributed by atoms with Gasteiger partial charge in [0.05, 0.1) is 12.2 Å². The summed E-state index contributed by atoms with van der Waals surface area (Å²) in [5.74, 6) is 3.09. The highest BCUT2D eigenvalue weighted by Crippen LogP contribution is 2.30. The summed E-state index contributed by atoms with van der Waals surface area (Å²) in [6.07, 6.45) is 1.95. The molecule has 132 valence electrons. The van der Waals surface area contributed by atoms with Gasteiger partial charge in [0.1, 0.15) is 11.6 Å². The number of rotatable bonds is 4. The van der Waals surface area contributed by atoms with Crippen LogP contribution in [0.25, 0.3) is 0 Å². The highest BCUT2D eigenvalue weighted by molar-refractivity contribution is 5.73. The predicted molar refractivity (Wildman–Crippen MR) is 95.0 cm³/mol. The molecule has 24 heavy (non-hydrogen) atoms. The normalized spacial score (nSPS) is 21.2. The minimum atomic E-state index is 0.121. The van der Waals surface area contributed by atoms with E-state index in [1.54, 1.807) is 6.92 Å². The van der Waals surface area contributed by atoms with Crippen LogP contribution in [0.15, 0.2) is 0 Å². The number of likely N-dealkylation sites (tertiary alicyclic amines) is 1. The van der Waals surface area contributed by atoms with E-state index < -0.39 is 0 Å². The Balaban J connectivity index is 1.82. The first-order chi connectivity index (χ1) is 11.5. The zero-order valence-corrected chi connectivity index (χ0v) is 15.3. The molecule has 1 amide bonds. The molecule has 0 bridgehead atoms. The number of hydrogen-bond acceptors (Lipinski definition) is 5. The predicted octanol–water partition coefficient (Wildman–Crippen LogP) is 1.87. The Morgan fingerprint density at radius 1 is 1.33 bits per heavy atom. The molecule has 0 spiro atoms. The molecule has 1 aromatic rings. The number of carbonyl (C=O) groups excluding carboxylic acids is 1. The van der Waals surface area contributed by atoms with Crippen LogP contribution >= 0.6 is 0 Å². The zero-order chi connectivity index (χ0) is 17.3. The third-order valence-electron chi connectivity index (χ3n) is 5.03. The molecule has 1 unspecified atom stereocenters. The Bertz CT molecular complexity index is 616. The largest absolute Gasteiger partial charge is 0.373 e. The van der Waals surface area contributed by atoms with E-state index in [-0.39, 0.29) is 5.91 Å². The number of hydrogen-bond donors (Lipinski definition) is 1. The molecular formula is C18H29N5O. The van der Waals surface area contributed by atoms with E-state index in [1.165, 1.54) is 5.56 Å². The average Bonchev–Trinajstić information content (AvgIpc) is 3.00. The standard InChI is InChI=1S/C18H29N5O/c1-12(2)9-22-7-5-14(10-22)17-20-16-11-23(13(3)24)8-6-15(16)18(19-4)21-17/h12,14H,5-11H2,1-4H3,(H,19,20,21). The van der Waals surface area contributed by atoms with Crippen LogP contribution in [0, 0.1) is 5.92 Å². The van der Waals surface area contributed by atoms with E-state index in [1.807, 2.05) is 11.9 Å². The molecule has 0 radical (unpaired) electrons. The lowest BCUT2D eigenvalue weighted by molar-refractivity contribution is -0.129. The quantitative estimate of drug-likeness (QED) is 0.913. The van der Waals surface area contributed by atoms with Gasteiger partial charge in [0.2, 0.25) is 5.91 Å². The van der Waals surface area contributed by atoms with E-state index >= 15 is 0 Å². The van der Waals surface area contributed by atoms with Crippen LogP contribution in [0.5, 0.6) is 0 Å². The molecule has 1 N–H and O–H groups in total. The van der Waals surface area contributed by atoms with Gasteiger partial charge in [-0.2, -0.15) is 0 Å². The summed E-state index contributed by atoms with van der Waals surface area (Å²) in [5.41, 5.74) is 2.20. The maximum absolute atomic E-state index is 11.7. The fourth-order valence-electron chi connectivity index (χ4n) is 3.83. The van der Waals surface area contributed by atoms with E-state index in [0.29, 0.717) is 18.4 Å². The van der Waals surface area contributed by atoms with Gasteiger partial charge in [0.25, 0.3) is 0 Å². The summed E-state index contributed by atoms with van der Waals surface area (Å²) in [6, 6.07) is 0. The van der Waals surface area contributed by atoms with Gasteiger partial charge in [0.15, 0.2) is 0 Å². The maximum atomic E-state index is 11.7. The maximum Gasteiger partial charge on any atom is 0.219 e. The number of fused-ring (bicyclic) bond motifs is 1. The number of aromatic nitrogens is 2.